The van der Waals surface area contributed by atoms with Gasteiger partial charge in [0.25, 0.3) is 0 Å². The molecule has 2 aliphatic carbocycles. The summed E-state index contributed by atoms with van der Waals surface area (Å²) < 4.78 is 43.1. The van der Waals surface area contributed by atoms with Crippen molar-refractivity contribution in [2.45, 2.75) is 80.2 Å². The van der Waals surface area contributed by atoms with Crippen LogP contribution in [-0.4, -0.2) is 81.3 Å². The van der Waals surface area contributed by atoms with Crippen LogP contribution in [0.1, 0.15) is 44.9 Å². The molecule has 1 aliphatic heterocycles. The fourth-order valence-corrected chi connectivity index (χ4v) is 5.95. The minimum absolute atomic E-state index is 0.208. The van der Waals surface area contributed by atoms with Crippen molar-refractivity contribution in [3.05, 3.63) is 0 Å². The molecule has 0 spiro atoms. The van der Waals surface area contributed by atoms with Gasteiger partial charge in [-0.1, -0.05) is 6.42 Å². The highest BCUT2D eigenvalue weighted by Crippen LogP contribution is 2.43. The number of ketones is 1. The maximum atomic E-state index is 12.5. The predicted octanol–water partition coefficient (Wildman–Crippen LogP) is 1.18. The number of carbonyl (C=O) groups excluding carboxylic acids is 2. The van der Waals surface area contributed by atoms with Crippen molar-refractivity contribution in [1.82, 2.24) is 5.32 Å². The van der Waals surface area contributed by atoms with Gasteiger partial charge in [0.05, 0.1) is 25.0 Å². The van der Waals surface area contributed by atoms with Crippen molar-refractivity contribution in [1.29, 1.82) is 0 Å². The van der Waals surface area contributed by atoms with Crippen LogP contribution < -0.4 is 5.32 Å². The Labute approximate surface area is 183 Å². The smallest absolute Gasteiger partial charge is 0.393 e. The number of thioether (sulfide) groups is 1. The zero-order valence-electron chi connectivity index (χ0n) is 17.1. The lowest BCUT2D eigenvalue weighted by atomic mass is 9.71. The van der Waals surface area contributed by atoms with E-state index in [1.807, 2.05) is 0 Å². The van der Waals surface area contributed by atoms with Crippen LogP contribution in [0.3, 0.4) is 0 Å². The Hall–Kier alpha value is -0.880. The second kappa shape index (κ2) is 9.94. The number of alkyl halides is 3. The van der Waals surface area contributed by atoms with Crippen LogP contribution in [0.5, 0.6) is 0 Å². The van der Waals surface area contributed by atoms with Gasteiger partial charge in [0.15, 0.2) is 0 Å². The highest BCUT2D eigenvalue weighted by molar-refractivity contribution is 8.00. The number of ether oxygens (including phenoxy) is 1. The SMILES string of the molecule is O=C(CSC1CCC([C@@]2(CO)OC[C@@H](NC(=O)C(F)(F)F)[C@@H](O)[C@H]2O)CC1)C1CCC1. The van der Waals surface area contributed by atoms with Crippen LogP contribution in [0.2, 0.25) is 0 Å². The molecule has 1 amide bonds. The van der Waals surface area contributed by atoms with Gasteiger partial charge in [-0.3, -0.25) is 9.59 Å². The molecule has 1 saturated heterocycles. The third-order valence-corrected chi connectivity index (χ3v) is 8.37. The molecule has 1 heterocycles. The monoisotopic (exact) mass is 469 g/mol. The molecule has 0 aromatic rings. The summed E-state index contributed by atoms with van der Waals surface area (Å²) in [5, 5.41) is 32.9. The molecule has 178 valence electrons. The lowest BCUT2D eigenvalue weighted by molar-refractivity contribution is -0.248. The summed E-state index contributed by atoms with van der Waals surface area (Å²) in [6.45, 7) is -1.06. The summed E-state index contributed by atoms with van der Waals surface area (Å²) in [6, 6.07) is -1.44. The van der Waals surface area contributed by atoms with Gasteiger partial charge in [-0.05, 0) is 44.4 Å². The Morgan fingerprint density at radius 2 is 1.74 bits per heavy atom. The van der Waals surface area contributed by atoms with E-state index < -0.39 is 49.1 Å². The van der Waals surface area contributed by atoms with Gasteiger partial charge in [-0.15, -0.1) is 0 Å². The van der Waals surface area contributed by atoms with E-state index in [4.69, 9.17) is 4.74 Å². The van der Waals surface area contributed by atoms with Gasteiger partial charge in [0.1, 0.15) is 23.6 Å². The fraction of sp³-hybridized carbons (Fsp3) is 0.900. The molecule has 31 heavy (non-hydrogen) atoms. The van der Waals surface area contributed by atoms with E-state index in [2.05, 4.69) is 0 Å². The van der Waals surface area contributed by atoms with Crippen LogP contribution in [0.15, 0.2) is 0 Å². The zero-order chi connectivity index (χ0) is 22.8. The average molecular weight is 470 g/mol. The van der Waals surface area contributed by atoms with Crippen molar-refractivity contribution >= 4 is 23.5 Å². The van der Waals surface area contributed by atoms with E-state index >= 15 is 0 Å². The fourth-order valence-electron chi connectivity index (χ4n) is 4.71. The molecular formula is C20H30F3NO6S. The second-order valence-corrected chi connectivity index (χ2v) is 10.1. The van der Waals surface area contributed by atoms with E-state index in [1.54, 1.807) is 17.1 Å². The highest BCUT2D eigenvalue weighted by atomic mass is 32.2. The third kappa shape index (κ3) is 5.38. The van der Waals surface area contributed by atoms with Gasteiger partial charge in [0.2, 0.25) is 0 Å². The molecule has 0 aromatic heterocycles. The van der Waals surface area contributed by atoms with Crippen LogP contribution in [-0.2, 0) is 14.3 Å². The number of carbonyl (C=O) groups is 2. The Kier molecular flexibility index (Phi) is 7.94. The molecule has 2 saturated carbocycles. The highest BCUT2D eigenvalue weighted by Gasteiger charge is 2.55. The Bertz CT molecular complexity index is 653. The lowest BCUT2D eigenvalue weighted by Gasteiger charge is -2.51. The molecular weight excluding hydrogens is 439 g/mol. The van der Waals surface area contributed by atoms with Crippen molar-refractivity contribution in [2.24, 2.45) is 11.8 Å². The molecule has 7 nitrogen and oxygen atoms in total. The standard InChI is InChI=1S/C20H30F3NO6S/c21-20(22,23)18(29)24-14-8-30-19(10-25,17(28)16(14)27)12-4-6-13(7-5-12)31-9-15(26)11-2-1-3-11/h11-14,16-17,25,27-28H,1-10H2,(H,24,29)/t12?,13?,14-,16-,17-,19-/m1/s1. The molecule has 3 fully saturated rings. The summed E-state index contributed by atoms with van der Waals surface area (Å²) in [7, 11) is 0. The first kappa shape index (κ1) is 24.8. The van der Waals surface area contributed by atoms with Gasteiger partial charge >= 0.3 is 12.1 Å². The number of rotatable bonds is 7. The summed E-state index contributed by atoms with van der Waals surface area (Å²) in [5.41, 5.74) is -1.50. The van der Waals surface area contributed by atoms with E-state index in [0.29, 0.717) is 24.4 Å². The van der Waals surface area contributed by atoms with Crippen molar-refractivity contribution in [3.63, 3.8) is 0 Å². The average Bonchev–Trinajstić information content (AvgIpc) is 2.69. The van der Waals surface area contributed by atoms with Crippen LogP contribution in [0.25, 0.3) is 0 Å². The number of hydrogen-bond acceptors (Lipinski definition) is 7. The number of nitrogens with one attached hydrogen (secondary N) is 1. The Morgan fingerprint density at radius 1 is 1.10 bits per heavy atom. The topological polar surface area (TPSA) is 116 Å². The van der Waals surface area contributed by atoms with E-state index in [0.717, 1.165) is 32.1 Å². The summed E-state index contributed by atoms with van der Waals surface area (Å²) in [6.07, 6.45) is -2.75. The van der Waals surface area contributed by atoms with Crippen molar-refractivity contribution < 1.29 is 42.8 Å². The maximum Gasteiger partial charge on any atom is 0.471 e. The van der Waals surface area contributed by atoms with E-state index in [-0.39, 0.29) is 17.1 Å². The van der Waals surface area contributed by atoms with Gasteiger partial charge in [0, 0.05) is 11.2 Å². The number of aliphatic hydroxyl groups is 3. The van der Waals surface area contributed by atoms with Crippen molar-refractivity contribution in [3.8, 4) is 0 Å². The van der Waals surface area contributed by atoms with Crippen LogP contribution >= 0.6 is 11.8 Å². The summed E-state index contributed by atoms with van der Waals surface area (Å²) in [5.74, 6) is -1.53. The van der Waals surface area contributed by atoms with E-state index in [9.17, 15) is 38.1 Å². The first-order valence-corrected chi connectivity index (χ1v) is 11.8. The third-order valence-electron chi connectivity index (χ3n) is 6.98. The molecule has 0 unspecified atom stereocenters. The number of Topliss-reactive ketones (excluding diaryl/α,β-unsaturated/α-hetero) is 1. The first-order valence-electron chi connectivity index (χ1n) is 10.7. The molecule has 0 aromatic carbocycles. The van der Waals surface area contributed by atoms with Crippen LogP contribution in [0, 0.1) is 11.8 Å². The molecule has 4 N–H and O–H groups in total. The Balaban J connectivity index is 1.53. The molecule has 3 rings (SSSR count). The van der Waals surface area contributed by atoms with Crippen LogP contribution in [0.4, 0.5) is 13.2 Å². The first-order chi connectivity index (χ1) is 14.6. The molecule has 11 heteroatoms. The lowest BCUT2D eigenvalue weighted by Crippen LogP contribution is -2.69. The molecule has 3 aliphatic rings. The largest absolute Gasteiger partial charge is 0.471 e. The molecule has 0 bridgehead atoms. The normalized spacial score (nSPS) is 37.2. The second-order valence-electron chi connectivity index (χ2n) is 8.82. The minimum Gasteiger partial charge on any atom is -0.393 e. The van der Waals surface area contributed by atoms with Gasteiger partial charge in [-0.25, -0.2) is 0 Å². The number of amides is 1. The number of hydrogen-bond donors (Lipinski definition) is 4. The molecule has 0 radical (unpaired) electrons. The van der Waals surface area contributed by atoms with Gasteiger partial charge in [-0.2, -0.15) is 24.9 Å². The van der Waals surface area contributed by atoms with Crippen molar-refractivity contribution in [2.75, 3.05) is 19.0 Å². The molecule has 4 atom stereocenters. The maximum absolute atomic E-state index is 12.5. The summed E-state index contributed by atoms with van der Waals surface area (Å²) in [4.78, 5) is 23.3. The minimum atomic E-state index is -5.12. The predicted molar refractivity (Wildman–Crippen MR) is 106 cm³/mol. The Morgan fingerprint density at radius 3 is 2.26 bits per heavy atom. The number of aliphatic hydroxyl groups excluding tert-OH is 3. The quantitative estimate of drug-likeness (QED) is 0.443. The van der Waals surface area contributed by atoms with Gasteiger partial charge < -0.3 is 25.4 Å². The summed E-state index contributed by atoms with van der Waals surface area (Å²) >= 11 is 1.63. The number of halogens is 3. The van der Waals surface area contributed by atoms with E-state index in [1.165, 1.54) is 0 Å². The zero-order valence-corrected chi connectivity index (χ0v) is 18.0.